The molecule has 0 aromatic carbocycles. The zero-order valence-corrected chi connectivity index (χ0v) is 11.8. The van der Waals surface area contributed by atoms with E-state index >= 15 is 0 Å². The summed E-state index contributed by atoms with van der Waals surface area (Å²) < 4.78 is 10.4. The van der Waals surface area contributed by atoms with Gasteiger partial charge in [0.2, 0.25) is 0 Å². The normalized spacial score (nSPS) is 18.1. The number of ether oxygens (including phenoxy) is 1. The van der Waals surface area contributed by atoms with Crippen LogP contribution in [0.5, 0.6) is 0 Å². The van der Waals surface area contributed by atoms with Gasteiger partial charge in [0.05, 0.1) is 0 Å². The highest BCUT2D eigenvalue weighted by Crippen LogP contribution is 2.25. The number of carbonyl (C=O) groups is 1. The third-order valence-corrected chi connectivity index (χ3v) is 3.33. The first-order valence-electron chi connectivity index (χ1n) is 6.97. The van der Waals surface area contributed by atoms with E-state index < -0.39 is 12.0 Å². The zero-order chi connectivity index (χ0) is 14.5. The van der Waals surface area contributed by atoms with Crippen molar-refractivity contribution in [2.45, 2.75) is 45.1 Å². The number of nitrogens with zero attached hydrogens (tertiary/aromatic N) is 2. The van der Waals surface area contributed by atoms with Crippen LogP contribution in [0.15, 0.2) is 4.52 Å². The van der Waals surface area contributed by atoms with Gasteiger partial charge in [0.25, 0.3) is 0 Å². The molecular formula is C13H21N3O4. The van der Waals surface area contributed by atoms with Gasteiger partial charge >= 0.3 is 12.0 Å². The van der Waals surface area contributed by atoms with E-state index in [1.807, 2.05) is 13.8 Å². The first-order valence-corrected chi connectivity index (χ1v) is 6.97. The molecular weight excluding hydrogens is 262 g/mol. The summed E-state index contributed by atoms with van der Waals surface area (Å²) in [5, 5.41) is 15.9. The van der Waals surface area contributed by atoms with Gasteiger partial charge in [0, 0.05) is 19.1 Å². The standard InChI is InChI=1S/C13H21N3O4/c1-8(2)7-10(12(17)18)14-13-15-11(16-20-13)9-3-5-19-6-4-9/h8-10H,3-7H2,1-2H3,(H,17,18)(H,14,15,16)/t10-/m0/s1. The van der Waals surface area contributed by atoms with Crippen LogP contribution < -0.4 is 5.32 Å². The Kier molecular flexibility index (Phi) is 4.94. The van der Waals surface area contributed by atoms with E-state index in [2.05, 4.69) is 15.5 Å². The van der Waals surface area contributed by atoms with Crippen molar-refractivity contribution >= 4 is 12.0 Å². The third-order valence-electron chi connectivity index (χ3n) is 3.33. The number of anilines is 1. The number of rotatable bonds is 6. The molecule has 2 N–H and O–H groups in total. The molecule has 1 aliphatic rings. The lowest BCUT2D eigenvalue weighted by Crippen LogP contribution is -2.30. The fraction of sp³-hybridized carbons (Fsp3) is 0.769. The van der Waals surface area contributed by atoms with Gasteiger partial charge in [-0.3, -0.25) is 0 Å². The molecule has 0 saturated carbocycles. The van der Waals surface area contributed by atoms with Gasteiger partial charge in [0.1, 0.15) is 6.04 Å². The first kappa shape index (κ1) is 14.8. The number of carboxylic acids is 1. The Morgan fingerprint density at radius 2 is 2.15 bits per heavy atom. The van der Waals surface area contributed by atoms with Gasteiger partial charge in [-0.15, -0.1) is 0 Å². The van der Waals surface area contributed by atoms with Gasteiger partial charge in [-0.25, -0.2) is 4.79 Å². The van der Waals surface area contributed by atoms with Gasteiger partial charge in [-0.1, -0.05) is 19.0 Å². The van der Waals surface area contributed by atoms with E-state index in [0.717, 1.165) is 12.8 Å². The van der Waals surface area contributed by atoms with Crippen LogP contribution >= 0.6 is 0 Å². The zero-order valence-electron chi connectivity index (χ0n) is 11.8. The third kappa shape index (κ3) is 3.93. The fourth-order valence-electron chi connectivity index (χ4n) is 2.26. The Bertz CT molecular complexity index is 441. The van der Waals surface area contributed by atoms with E-state index in [-0.39, 0.29) is 17.9 Å². The molecule has 1 fully saturated rings. The second kappa shape index (κ2) is 6.69. The topological polar surface area (TPSA) is 97.5 Å². The van der Waals surface area contributed by atoms with E-state index in [0.29, 0.717) is 25.5 Å². The maximum Gasteiger partial charge on any atom is 0.326 e. The molecule has 7 nitrogen and oxygen atoms in total. The fourth-order valence-corrected chi connectivity index (χ4v) is 2.26. The van der Waals surface area contributed by atoms with Crippen LogP contribution in [0.1, 0.15) is 44.9 Å². The lowest BCUT2D eigenvalue weighted by atomic mass is 10.00. The van der Waals surface area contributed by atoms with Crippen molar-refractivity contribution in [2.24, 2.45) is 5.92 Å². The molecule has 1 aromatic heterocycles. The Hall–Kier alpha value is -1.63. The molecule has 20 heavy (non-hydrogen) atoms. The summed E-state index contributed by atoms with van der Waals surface area (Å²) >= 11 is 0. The van der Waals surface area contributed by atoms with Crippen LogP contribution in [-0.2, 0) is 9.53 Å². The minimum Gasteiger partial charge on any atom is -0.480 e. The van der Waals surface area contributed by atoms with Crippen LogP contribution in [0.25, 0.3) is 0 Å². The summed E-state index contributed by atoms with van der Waals surface area (Å²) in [5.41, 5.74) is 0. The molecule has 2 heterocycles. The van der Waals surface area contributed by atoms with Crippen LogP contribution in [0.2, 0.25) is 0 Å². The molecule has 1 aliphatic heterocycles. The van der Waals surface area contributed by atoms with E-state index in [9.17, 15) is 9.90 Å². The lowest BCUT2D eigenvalue weighted by Gasteiger charge is -2.18. The quantitative estimate of drug-likeness (QED) is 0.822. The van der Waals surface area contributed by atoms with Crippen LogP contribution in [0.4, 0.5) is 6.01 Å². The highest BCUT2D eigenvalue weighted by molar-refractivity contribution is 5.76. The van der Waals surface area contributed by atoms with Crippen molar-refractivity contribution in [1.82, 2.24) is 10.1 Å². The Labute approximate surface area is 117 Å². The van der Waals surface area contributed by atoms with E-state index in [1.165, 1.54) is 0 Å². The molecule has 0 amide bonds. The second-order valence-corrected chi connectivity index (χ2v) is 5.51. The summed E-state index contributed by atoms with van der Waals surface area (Å²) in [4.78, 5) is 15.4. The van der Waals surface area contributed by atoms with Crippen molar-refractivity contribution in [3.63, 3.8) is 0 Å². The molecule has 0 bridgehead atoms. The number of aromatic nitrogens is 2. The minimum absolute atomic E-state index is 0.180. The van der Waals surface area contributed by atoms with E-state index in [4.69, 9.17) is 9.26 Å². The minimum atomic E-state index is -0.912. The summed E-state index contributed by atoms with van der Waals surface area (Å²) in [6.07, 6.45) is 2.24. The highest BCUT2D eigenvalue weighted by Gasteiger charge is 2.24. The largest absolute Gasteiger partial charge is 0.480 e. The van der Waals surface area contributed by atoms with Gasteiger partial charge in [-0.2, -0.15) is 4.98 Å². The predicted molar refractivity (Wildman–Crippen MR) is 71.6 cm³/mol. The van der Waals surface area contributed by atoms with Gasteiger partial charge in [-0.05, 0) is 25.2 Å². The van der Waals surface area contributed by atoms with Gasteiger partial charge < -0.3 is 19.7 Å². The predicted octanol–water partition coefficient (Wildman–Crippen LogP) is 1.87. The maximum atomic E-state index is 11.2. The summed E-state index contributed by atoms with van der Waals surface area (Å²) in [5.74, 6) is 0.215. The first-order chi connectivity index (χ1) is 9.56. The Balaban J connectivity index is 1.98. The number of carboxylic acid groups (broad SMARTS) is 1. The Morgan fingerprint density at radius 3 is 2.75 bits per heavy atom. The molecule has 0 spiro atoms. The molecule has 0 radical (unpaired) electrons. The molecule has 7 heteroatoms. The number of aliphatic carboxylic acids is 1. The van der Waals surface area contributed by atoms with Crippen LogP contribution in [-0.4, -0.2) is 40.5 Å². The average Bonchev–Trinajstić information content (AvgIpc) is 2.87. The Morgan fingerprint density at radius 1 is 1.45 bits per heavy atom. The lowest BCUT2D eigenvalue weighted by molar-refractivity contribution is -0.138. The average molecular weight is 283 g/mol. The molecule has 1 saturated heterocycles. The molecule has 112 valence electrons. The van der Waals surface area contributed by atoms with Crippen molar-refractivity contribution in [2.75, 3.05) is 18.5 Å². The summed E-state index contributed by atoms with van der Waals surface area (Å²) in [7, 11) is 0. The maximum absolute atomic E-state index is 11.2. The number of nitrogens with one attached hydrogen (secondary N) is 1. The molecule has 1 aromatic rings. The number of hydrogen-bond acceptors (Lipinski definition) is 6. The monoisotopic (exact) mass is 283 g/mol. The van der Waals surface area contributed by atoms with Crippen molar-refractivity contribution in [3.05, 3.63) is 5.82 Å². The summed E-state index contributed by atoms with van der Waals surface area (Å²) in [6.45, 7) is 5.35. The molecule has 0 unspecified atom stereocenters. The van der Waals surface area contributed by atoms with Crippen molar-refractivity contribution in [1.29, 1.82) is 0 Å². The van der Waals surface area contributed by atoms with Crippen LogP contribution in [0, 0.1) is 5.92 Å². The van der Waals surface area contributed by atoms with Crippen LogP contribution in [0.3, 0.4) is 0 Å². The van der Waals surface area contributed by atoms with Crippen molar-refractivity contribution < 1.29 is 19.2 Å². The molecule has 2 rings (SSSR count). The highest BCUT2D eigenvalue weighted by atomic mass is 16.5. The van der Waals surface area contributed by atoms with Crippen molar-refractivity contribution in [3.8, 4) is 0 Å². The second-order valence-electron chi connectivity index (χ2n) is 5.51. The smallest absolute Gasteiger partial charge is 0.326 e. The molecule has 0 aliphatic carbocycles. The SMILES string of the molecule is CC(C)C[C@H](Nc1nc(C2CCOCC2)no1)C(=O)O. The van der Waals surface area contributed by atoms with E-state index in [1.54, 1.807) is 0 Å². The summed E-state index contributed by atoms with van der Waals surface area (Å²) in [6, 6.07) is -0.530. The molecule has 1 atom stereocenters. The van der Waals surface area contributed by atoms with Gasteiger partial charge in [0.15, 0.2) is 5.82 Å². The number of hydrogen-bond donors (Lipinski definition) is 2.